The fourth-order valence-electron chi connectivity index (χ4n) is 3.15. The van der Waals surface area contributed by atoms with Crippen molar-refractivity contribution in [2.75, 3.05) is 0 Å². The van der Waals surface area contributed by atoms with Crippen LogP contribution < -0.4 is 0 Å². The molecule has 22 heavy (non-hydrogen) atoms. The zero-order valence-corrected chi connectivity index (χ0v) is 12.6. The minimum absolute atomic E-state index is 1.06. The Hall–Kier alpha value is -2.86. The minimum Gasteiger partial charge on any atom is -0.0984 e. The highest BCUT2D eigenvalue weighted by Crippen LogP contribution is 2.36. The van der Waals surface area contributed by atoms with Crippen molar-refractivity contribution in [2.24, 2.45) is 0 Å². The Bertz CT molecular complexity index is 861. The van der Waals surface area contributed by atoms with E-state index in [0.717, 1.165) is 22.3 Å². The maximum Gasteiger partial charge on any atom is -0.00928 e. The van der Waals surface area contributed by atoms with E-state index < -0.39 is 0 Å². The second-order valence-corrected chi connectivity index (χ2v) is 5.22. The van der Waals surface area contributed by atoms with Gasteiger partial charge in [0.2, 0.25) is 0 Å². The summed E-state index contributed by atoms with van der Waals surface area (Å²) in [7, 11) is 0. The maximum absolute atomic E-state index is 3.99. The Morgan fingerprint density at radius 1 is 0.545 bits per heavy atom. The van der Waals surface area contributed by atoms with Crippen molar-refractivity contribution in [1.29, 1.82) is 0 Å². The van der Waals surface area contributed by atoms with Crippen molar-refractivity contribution in [3.05, 3.63) is 85.0 Å². The first-order valence-electron chi connectivity index (χ1n) is 7.27. The monoisotopic (exact) mass is 282 g/mol. The molecule has 0 heteroatoms. The molecule has 3 aromatic carbocycles. The third-order valence-electron chi connectivity index (χ3n) is 4.15. The van der Waals surface area contributed by atoms with Gasteiger partial charge in [-0.15, -0.1) is 0 Å². The van der Waals surface area contributed by atoms with E-state index in [-0.39, 0.29) is 0 Å². The molecule has 0 aliphatic carbocycles. The fraction of sp³-hybridized carbons (Fsp3) is 0. The van der Waals surface area contributed by atoms with Gasteiger partial charge in [0, 0.05) is 0 Å². The average Bonchev–Trinajstić information content (AvgIpc) is 2.57. The molecule has 106 valence electrons. The maximum atomic E-state index is 3.99. The topological polar surface area (TPSA) is 0 Å². The second-order valence-electron chi connectivity index (χ2n) is 5.22. The summed E-state index contributed by atoms with van der Waals surface area (Å²) >= 11 is 0. The predicted molar refractivity (Wildman–Crippen MR) is 102 cm³/mol. The number of benzene rings is 3. The van der Waals surface area contributed by atoms with Gasteiger partial charge in [0.15, 0.2) is 0 Å². The fourth-order valence-corrected chi connectivity index (χ4v) is 3.15. The number of hydrogen-bond acceptors (Lipinski definition) is 0. The molecular formula is C22H18. The van der Waals surface area contributed by atoms with Crippen molar-refractivity contribution in [3.63, 3.8) is 0 Å². The molecule has 3 rings (SSSR count). The van der Waals surface area contributed by atoms with Crippen LogP contribution in [0, 0.1) is 0 Å². The van der Waals surface area contributed by atoms with Crippen LogP contribution in [0.1, 0.15) is 22.3 Å². The second kappa shape index (κ2) is 5.50. The molecule has 0 bridgehead atoms. The van der Waals surface area contributed by atoms with Crippen LogP contribution in [-0.2, 0) is 0 Å². The van der Waals surface area contributed by atoms with E-state index in [1.54, 1.807) is 0 Å². The zero-order chi connectivity index (χ0) is 15.7. The van der Waals surface area contributed by atoms with Gasteiger partial charge < -0.3 is 0 Å². The first-order chi connectivity index (χ1) is 10.7. The predicted octanol–water partition coefficient (Wildman–Crippen LogP) is 6.57. The summed E-state index contributed by atoms with van der Waals surface area (Å²) in [4.78, 5) is 0. The van der Waals surface area contributed by atoms with Gasteiger partial charge >= 0.3 is 0 Å². The molecule has 0 aromatic heterocycles. The van der Waals surface area contributed by atoms with Gasteiger partial charge in [0.05, 0.1) is 0 Å². The molecule has 0 atom stereocenters. The molecule has 0 amide bonds. The van der Waals surface area contributed by atoms with Gasteiger partial charge in [-0.2, -0.15) is 0 Å². The van der Waals surface area contributed by atoms with Crippen LogP contribution in [-0.4, -0.2) is 0 Å². The van der Waals surface area contributed by atoms with Gasteiger partial charge in [0.25, 0.3) is 0 Å². The summed E-state index contributed by atoms with van der Waals surface area (Å²) in [6.45, 7) is 15.9. The molecule has 0 saturated heterocycles. The van der Waals surface area contributed by atoms with Gasteiger partial charge in [0.1, 0.15) is 0 Å². The van der Waals surface area contributed by atoms with Crippen LogP contribution in [0.25, 0.3) is 45.8 Å². The molecule has 0 nitrogen and oxygen atoms in total. The van der Waals surface area contributed by atoms with Crippen LogP contribution in [0.15, 0.2) is 62.7 Å². The molecular weight excluding hydrogens is 264 g/mol. The van der Waals surface area contributed by atoms with E-state index in [1.165, 1.54) is 21.5 Å². The Labute approximate surface area is 131 Å². The number of fused-ring (bicyclic) bond motifs is 2. The van der Waals surface area contributed by atoms with E-state index in [1.807, 2.05) is 24.3 Å². The van der Waals surface area contributed by atoms with E-state index >= 15 is 0 Å². The zero-order valence-electron chi connectivity index (χ0n) is 12.6. The van der Waals surface area contributed by atoms with Crippen molar-refractivity contribution >= 4 is 45.8 Å². The molecule has 0 aliphatic rings. The van der Waals surface area contributed by atoms with Crippen LogP contribution in [0.2, 0.25) is 0 Å². The van der Waals surface area contributed by atoms with Gasteiger partial charge in [-0.05, 0) is 55.9 Å². The van der Waals surface area contributed by atoms with Gasteiger partial charge in [-0.1, -0.05) is 74.9 Å². The third-order valence-corrected chi connectivity index (χ3v) is 4.15. The molecule has 0 aliphatic heterocycles. The Morgan fingerprint density at radius 3 is 1.23 bits per heavy atom. The molecule has 0 spiro atoms. The SMILES string of the molecule is C=Cc1c(C=C)c(C=C)c2cc3ccccc3cc2c1C=C. The quantitative estimate of drug-likeness (QED) is 0.475. The number of hydrogen-bond donors (Lipinski definition) is 0. The summed E-state index contributed by atoms with van der Waals surface area (Å²) in [5.74, 6) is 0. The summed E-state index contributed by atoms with van der Waals surface area (Å²) in [5, 5.41) is 4.78. The lowest BCUT2D eigenvalue weighted by Gasteiger charge is -2.16. The van der Waals surface area contributed by atoms with Crippen LogP contribution in [0.5, 0.6) is 0 Å². The first-order valence-corrected chi connectivity index (χ1v) is 7.27. The van der Waals surface area contributed by atoms with Crippen LogP contribution >= 0.6 is 0 Å². The van der Waals surface area contributed by atoms with Crippen molar-refractivity contribution in [2.45, 2.75) is 0 Å². The minimum atomic E-state index is 1.06. The Balaban J connectivity index is 2.65. The summed E-state index contributed by atoms with van der Waals surface area (Å²) in [5.41, 5.74) is 4.30. The van der Waals surface area contributed by atoms with Gasteiger partial charge in [-0.3, -0.25) is 0 Å². The smallest absolute Gasteiger partial charge is 0.00928 e. The molecule has 3 aromatic rings. The molecule has 0 heterocycles. The van der Waals surface area contributed by atoms with E-state index in [4.69, 9.17) is 0 Å². The van der Waals surface area contributed by atoms with Crippen LogP contribution in [0.4, 0.5) is 0 Å². The Morgan fingerprint density at radius 2 is 0.909 bits per heavy atom. The van der Waals surface area contributed by atoms with Crippen LogP contribution in [0.3, 0.4) is 0 Å². The number of rotatable bonds is 4. The van der Waals surface area contributed by atoms with E-state index in [0.29, 0.717) is 0 Å². The van der Waals surface area contributed by atoms with Crippen molar-refractivity contribution < 1.29 is 0 Å². The lowest BCUT2D eigenvalue weighted by Crippen LogP contribution is -1.94. The Kier molecular flexibility index (Phi) is 3.52. The highest BCUT2D eigenvalue weighted by molar-refractivity contribution is 6.08. The molecule has 0 N–H and O–H groups in total. The average molecular weight is 282 g/mol. The summed E-state index contributed by atoms with van der Waals surface area (Å²) < 4.78 is 0. The van der Waals surface area contributed by atoms with Crippen molar-refractivity contribution in [3.8, 4) is 0 Å². The first kappa shape index (κ1) is 14.1. The normalized spacial score (nSPS) is 10.5. The standard InChI is InChI=1S/C22H18/c1-5-17-18(6-2)20(8-4)22-14-16-12-10-9-11-15(16)13-21(22)19(17)7-3/h5-14H,1-4H2. The van der Waals surface area contributed by atoms with E-state index in [9.17, 15) is 0 Å². The summed E-state index contributed by atoms with van der Waals surface area (Å²) in [6.07, 6.45) is 7.54. The highest BCUT2D eigenvalue weighted by atomic mass is 14.2. The molecule has 0 radical (unpaired) electrons. The third kappa shape index (κ3) is 1.93. The highest BCUT2D eigenvalue weighted by Gasteiger charge is 2.13. The molecule has 0 saturated carbocycles. The van der Waals surface area contributed by atoms with E-state index in [2.05, 4.69) is 62.7 Å². The molecule has 0 fully saturated rings. The molecule has 0 unspecified atom stereocenters. The van der Waals surface area contributed by atoms with Crippen molar-refractivity contribution in [1.82, 2.24) is 0 Å². The lowest BCUT2D eigenvalue weighted by atomic mass is 9.87. The largest absolute Gasteiger partial charge is 0.0984 e. The van der Waals surface area contributed by atoms with Gasteiger partial charge in [-0.25, -0.2) is 0 Å². The lowest BCUT2D eigenvalue weighted by molar-refractivity contribution is 1.61. The summed E-state index contributed by atoms with van der Waals surface area (Å²) in [6, 6.07) is 12.8.